The molecule has 4 rings (SSSR count). The summed E-state index contributed by atoms with van der Waals surface area (Å²) in [7, 11) is 0. The van der Waals surface area contributed by atoms with Gasteiger partial charge in [-0.05, 0) is 68.7 Å². The van der Waals surface area contributed by atoms with E-state index in [1.807, 2.05) is 29.2 Å². The Labute approximate surface area is 172 Å². The van der Waals surface area contributed by atoms with Crippen molar-refractivity contribution in [3.63, 3.8) is 0 Å². The topological polar surface area (TPSA) is 83.1 Å². The average Bonchev–Trinajstić information content (AvgIpc) is 3.49. The molecule has 7 nitrogen and oxygen atoms in total. The maximum atomic E-state index is 11.8. The van der Waals surface area contributed by atoms with Gasteiger partial charge in [-0.1, -0.05) is 0 Å². The lowest BCUT2D eigenvalue weighted by atomic mass is 9.90. The van der Waals surface area contributed by atoms with E-state index >= 15 is 0 Å². The first kappa shape index (κ1) is 20.3. The molecule has 1 aromatic rings. The van der Waals surface area contributed by atoms with Gasteiger partial charge in [-0.15, -0.1) is 0 Å². The summed E-state index contributed by atoms with van der Waals surface area (Å²) < 4.78 is 11.4. The molecule has 2 amide bonds. The number of benzene rings is 1. The second-order valence-electron chi connectivity index (χ2n) is 8.53. The van der Waals surface area contributed by atoms with E-state index in [0.717, 1.165) is 62.8 Å². The number of hydrogen-bond donors (Lipinski definition) is 3. The molecule has 7 heteroatoms. The van der Waals surface area contributed by atoms with E-state index in [0.29, 0.717) is 18.6 Å². The summed E-state index contributed by atoms with van der Waals surface area (Å²) in [5.74, 6) is 2.35. The SMILES string of the molecule is O=C1NCCN1[C@H]1CC[C@@H](NCC(O)COc2ccc(OCC3CC3)cc2)CC1. The maximum Gasteiger partial charge on any atom is 0.317 e. The number of urea groups is 1. The minimum absolute atomic E-state index is 0.0801. The molecule has 3 fully saturated rings. The molecule has 1 aromatic carbocycles. The number of rotatable bonds is 10. The molecule has 1 unspecified atom stereocenters. The molecule has 0 aromatic heterocycles. The second-order valence-corrected chi connectivity index (χ2v) is 8.53. The van der Waals surface area contributed by atoms with Gasteiger partial charge >= 0.3 is 6.03 Å². The van der Waals surface area contributed by atoms with Crippen LogP contribution in [0.3, 0.4) is 0 Å². The van der Waals surface area contributed by atoms with E-state index in [1.165, 1.54) is 12.8 Å². The number of nitrogens with one attached hydrogen (secondary N) is 2. The van der Waals surface area contributed by atoms with Gasteiger partial charge in [0.25, 0.3) is 0 Å². The number of aliphatic hydroxyl groups is 1. The third kappa shape index (κ3) is 6.00. The lowest BCUT2D eigenvalue weighted by molar-refractivity contribution is 0.0993. The van der Waals surface area contributed by atoms with Gasteiger partial charge in [0.15, 0.2) is 0 Å². The van der Waals surface area contributed by atoms with Crippen molar-refractivity contribution in [3.05, 3.63) is 24.3 Å². The van der Waals surface area contributed by atoms with Crippen LogP contribution in [0.5, 0.6) is 11.5 Å². The number of nitrogens with zero attached hydrogens (tertiary/aromatic N) is 1. The van der Waals surface area contributed by atoms with Crippen LogP contribution in [-0.4, -0.2) is 67.1 Å². The van der Waals surface area contributed by atoms with Crippen LogP contribution in [0.2, 0.25) is 0 Å². The molecule has 1 atom stereocenters. The third-order valence-electron chi connectivity index (χ3n) is 6.12. The average molecular weight is 404 g/mol. The summed E-state index contributed by atoms with van der Waals surface area (Å²) in [5, 5.41) is 16.6. The molecule has 1 heterocycles. The molecular weight excluding hydrogens is 370 g/mol. The fourth-order valence-corrected chi connectivity index (χ4v) is 4.11. The summed E-state index contributed by atoms with van der Waals surface area (Å²) >= 11 is 0. The van der Waals surface area contributed by atoms with Crippen LogP contribution in [0.25, 0.3) is 0 Å². The van der Waals surface area contributed by atoms with Crippen LogP contribution in [0.1, 0.15) is 38.5 Å². The number of ether oxygens (including phenoxy) is 2. The fraction of sp³-hybridized carbons (Fsp3) is 0.682. The maximum absolute atomic E-state index is 11.8. The van der Waals surface area contributed by atoms with E-state index in [2.05, 4.69) is 10.6 Å². The predicted octanol–water partition coefficient (Wildman–Crippen LogP) is 2.14. The summed E-state index contributed by atoms with van der Waals surface area (Å²) in [4.78, 5) is 13.8. The van der Waals surface area contributed by atoms with E-state index in [1.54, 1.807) is 0 Å². The van der Waals surface area contributed by atoms with Crippen LogP contribution < -0.4 is 20.1 Å². The second kappa shape index (κ2) is 9.67. The van der Waals surface area contributed by atoms with Crippen LogP contribution in [0.15, 0.2) is 24.3 Å². The third-order valence-corrected chi connectivity index (χ3v) is 6.12. The first-order valence-corrected chi connectivity index (χ1v) is 11.0. The van der Waals surface area contributed by atoms with Crippen molar-refractivity contribution in [2.24, 2.45) is 5.92 Å². The Kier molecular flexibility index (Phi) is 6.77. The molecular formula is C22H33N3O4. The zero-order valence-corrected chi connectivity index (χ0v) is 17.0. The normalized spacial score (nSPS) is 25.6. The largest absolute Gasteiger partial charge is 0.493 e. The van der Waals surface area contributed by atoms with Crippen molar-refractivity contribution in [1.82, 2.24) is 15.5 Å². The van der Waals surface area contributed by atoms with Gasteiger partial charge in [0.05, 0.1) is 6.61 Å². The Hall–Kier alpha value is -1.99. The van der Waals surface area contributed by atoms with Crippen molar-refractivity contribution in [2.45, 2.75) is 56.7 Å². The molecule has 0 radical (unpaired) electrons. The minimum Gasteiger partial charge on any atom is -0.493 e. The van der Waals surface area contributed by atoms with Crippen molar-refractivity contribution >= 4 is 6.03 Å². The van der Waals surface area contributed by atoms with Crippen molar-refractivity contribution in [1.29, 1.82) is 0 Å². The molecule has 0 bridgehead atoms. The molecule has 1 aliphatic heterocycles. The van der Waals surface area contributed by atoms with Gasteiger partial charge in [-0.25, -0.2) is 4.79 Å². The lowest BCUT2D eigenvalue weighted by Gasteiger charge is -2.34. The van der Waals surface area contributed by atoms with Crippen LogP contribution in [0.4, 0.5) is 4.79 Å². The molecule has 29 heavy (non-hydrogen) atoms. The molecule has 160 valence electrons. The quantitative estimate of drug-likeness (QED) is 0.558. The van der Waals surface area contributed by atoms with Gasteiger partial charge in [-0.2, -0.15) is 0 Å². The number of amides is 2. The predicted molar refractivity (Wildman–Crippen MR) is 110 cm³/mol. The highest BCUT2D eigenvalue weighted by Gasteiger charge is 2.31. The zero-order valence-electron chi connectivity index (χ0n) is 17.0. The summed E-state index contributed by atoms with van der Waals surface area (Å²) in [6, 6.07) is 8.45. The smallest absolute Gasteiger partial charge is 0.317 e. The lowest BCUT2D eigenvalue weighted by Crippen LogP contribution is -2.45. The van der Waals surface area contributed by atoms with E-state index < -0.39 is 6.10 Å². The highest BCUT2D eigenvalue weighted by atomic mass is 16.5. The van der Waals surface area contributed by atoms with Gasteiger partial charge in [-0.3, -0.25) is 0 Å². The standard InChI is InChI=1S/C22H33N3O4/c26-19(15-29-21-9-7-20(8-10-21)28-14-16-1-2-16)13-24-17-3-5-18(6-4-17)25-12-11-23-22(25)27/h7-10,16-19,24,26H,1-6,11-15H2,(H,23,27)/t17-,18+,19?. The van der Waals surface area contributed by atoms with Gasteiger partial charge in [0, 0.05) is 31.7 Å². The van der Waals surface area contributed by atoms with Gasteiger partial charge < -0.3 is 30.1 Å². The van der Waals surface area contributed by atoms with E-state index in [-0.39, 0.29) is 12.6 Å². The van der Waals surface area contributed by atoms with Gasteiger partial charge in [0.1, 0.15) is 24.2 Å². The Morgan fingerprint density at radius 3 is 2.38 bits per heavy atom. The number of carbonyl (C=O) groups excluding carboxylic acids is 1. The summed E-state index contributed by atoms with van der Waals surface area (Å²) in [6.07, 6.45) is 6.12. The molecule has 0 spiro atoms. The van der Waals surface area contributed by atoms with Crippen LogP contribution in [-0.2, 0) is 0 Å². The van der Waals surface area contributed by atoms with E-state index in [9.17, 15) is 9.90 Å². The zero-order chi connectivity index (χ0) is 20.1. The first-order valence-electron chi connectivity index (χ1n) is 11.0. The van der Waals surface area contributed by atoms with Crippen molar-refractivity contribution in [3.8, 4) is 11.5 Å². The molecule has 3 N–H and O–H groups in total. The molecule has 1 saturated heterocycles. The number of hydrogen-bond acceptors (Lipinski definition) is 5. The van der Waals surface area contributed by atoms with Crippen molar-refractivity contribution < 1.29 is 19.4 Å². The number of aliphatic hydroxyl groups excluding tert-OH is 1. The van der Waals surface area contributed by atoms with Crippen LogP contribution in [0, 0.1) is 5.92 Å². The van der Waals surface area contributed by atoms with Crippen LogP contribution >= 0.6 is 0 Å². The summed E-state index contributed by atoms with van der Waals surface area (Å²) in [5.41, 5.74) is 0. The highest BCUT2D eigenvalue weighted by Crippen LogP contribution is 2.30. The fourth-order valence-electron chi connectivity index (χ4n) is 4.11. The number of carbonyl (C=O) groups is 1. The Bertz CT molecular complexity index is 657. The van der Waals surface area contributed by atoms with Gasteiger partial charge in [0.2, 0.25) is 0 Å². The molecule has 2 aliphatic carbocycles. The monoisotopic (exact) mass is 403 g/mol. The summed E-state index contributed by atoms with van der Waals surface area (Å²) in [6.45, 7) is 3.17. The Morgan fingerprint density at radius 2 is 1.76 bits per heavy atom. The Morgan fingerprint density at radius 1 is 1.07 bits per heavy atom. The molecule has 3 aliphatic rings. The highest BCUT2D eigenvalue weighted by molar-refractivity contribution is 5.76. The van der Waals surface area contributed by atoms with E-state index in [4.69, 9.17) is 9.47 Å². The first-order chi connectivity index (χ1) is 14.2. The molecule has 2 saturated carbocycles. The minimum atomic E-state index is -0.553. The Balaban J connectivity index is 1.10. The van der Waals surface area contributed by atoms with Crippen molar-refractivity contribution in [2.75, 3.05) is 32.8 Å².